The maximum absolute atomic E-state index is 12.8. The van der Waals surface area contributed by atoms with Crippen molar-refractivity contribution >= 4 is 21.9 Å². The van der Waals surface area contributed by atoms with Crippen LogP contribution < -0.4 is 39.7 Å². The van der Waals surface area contributed by atoms with Crippen LogP contribution in [0.4, 0.5) is 0 Å². The Kier molecular flexibility index (Phi) is 8.51. The highest BCUT2D eigenvalue weighted by molar-refractivity contribution is 5.84. The number of rotatable bonds is 11. The van der Waals surface area contributed by atoms with E-state index in [2.05, 4.69) is 0 Å². The molecule has 2 heterocycles. The van der Waals surface area contributed by atoms with Crippen molar-refractivity contribution in [3.05, 3.63) is 106 Å². The number of methoxy groups -OCH3 is 4. The van der Waals surface area contributed by atoms with Crippen LogP contribution in [-0.2, 0) is 0 Å². The van der Waals surface area contributed by atoms with Crippen LogP contribution in [0.5, 0.6) is 34.5 Å². The van der Waals surface area contributed by atoms with Gasteiger partial charge in [0.1, 0.15) is 35.9 Å². The van der Waals surface area contributed by atoms with Gasteiger partial charge in [-0.25, -0.2) is 9.59 Å². The molecule has 0 saturated heterocycles. The van der Waals surface area contributed by atoms with Crippen LogP contribution >= 0.6 is 0 Å². The van der Waals surface area contributed by atoms with Crippen LogP contribution in [0.2, 0.25) is 0 Å². The minimum atomic E-state index is -0.487. The third-order valence-electron chi connectivity index (χ3n) is 7.42. The lowest BCUT2D eigenvalue weighted by Gasteiger charge is -2.11. The van der Waals surface area contributed by atoms with Crippen molar-refractivity contribution in [1.29, 1.82) is 0 Å². The first-order valence-corrected chi connectivity index (χ1v) is 14.3. The monoisotopic (exact) mass is 622 g/mol. The zero-order chi connectivity index (χ0) is 32.2. The predicted molar refractivity (Wildman–Crippen MR) is 173 cm³/mol. The maximum atomic E-state index is 12.8. The molecule has 10 heteroatoms. The molecule has 6 aromatic rings. The highest BCUT2D eigenvalue weighted by Crippen LogP contribution is 2.34. The van der Waals surface area contributed by atoms with Crippen molar-refractivity contribution < 1.29 is 37.3 Å². The van der Waals surface area contributed by atoms with Crippen LogP contribution in [0.3, 0.4) is 0 Å². The lowest BCUT2D eigenvalue weighted by molar-refractivity contribution is 0.217. The van der Waals surface area contributed by atoms with Gasteiger partial charge >= 0.3 is 11.3 Å². The van der Waals surface area contributed by atoms with E-state index in [1.54, 1.807) is 87.0 Å². The first-order valence-electron chi connectivity index (χ1n) is 14.3. The second kappa shape index (κ2) is 13.0. The highest BCUT2D eigenvalue weighted by atomic mass is 16.5. The van der Waals surface area contributed by atoms with Gasteiger partial charge in [0.25, 0.3) is 0 Å². The molecule has 2 aromatic heterocycles. The largest absolute Gasteiger partial charge is 0.493 e. The van der Waals surface area contributed by atoms with Gasteiger partial charge in [0.05, 0.1) is 39.6 Å². The average molecular weight is 623 g/mol. The van der Waals surface area contributed by atoms with E-state index in [-0.39, 0.29) is 13.2 Å². The second-order valence-corrected chi connectivity index (χ2v) is 10.1. The van der Waals surface area contributed by atoms with Gasteiger partial charge in [0.2, 0.25) is 0 Å². The Morgan fingerprint density at radius 2 is 0.891 bits per heavy atom. The minimum Gasteiger partial charge on any atom is -0.493 e. The van der Waals surface area contributed by atoms with Gasteiger partial charge in [-0.2, -0.15) is 0 Å². The van der Waals surface area contributed by atoms with Crippen LogP contribution in [0, 0.1) is 0 Å². The molecule has 0 aliphatic rings. The van der Waals surface area contributed by atoms with Gasteiger partial charge < -0.3 is 37.3 Å². The lowest BCUT2D eigenvalue weighted by Crippen LogP contribution is -2.09. The van der Waals surface area contributed by atoms with Crippen molar-refractivity contribution in [2.24, 2.45) is 0 Å². The summed E-state index contributed by atoms with van der Waals surface area (Å²) >= 11 is 0. The average Bonchev–Trinajstić information content (AvgIpc) is 3.08. The van der Waals surface area contributed by atoms with Crippen LogP contribution in [-0.4, -0.2) is 41.7 Å². The molecule has 46 heavy (non-hydrogen) atoms. The van der Waals surface area contributed by atoms with Crippen molar-refractivity contribution in [3.8, 4) is 56.8 Å². The molecule has 10 nitrogen and oxygen atoms in total. The Labute approximate surface area is 263 Å². The van der Waals surface area contributed by atoms with Gasteiger partial charge in [-0.05, 0) is 71.8 Å². The molecule has 4 aromatic carbocycles. The molecule has 0 unspecified atom stereocenters. The van der Waals surface area contributed by atoms with Gasteiger partial charge in [0, 0.05) is 22.9 Å². The fraction of sp³-hybridized carbons (Fsp3) is 0.167. The third kappa shape index (κ3) is 6.05. The van der Waals surface area contributed by atoms with Crippen LogP contribution in [0.1, 0.15) is 0 Å². The second-order valence-electron chi connectivity index (χ2n) is 10.1. The topological polar surface area (TPSA) is 116 Å². The maximum Gasteiger partial charge on any atom is 0.344 e. The van der Waals surface area contributed by atoms with Gasteiger partial charge in [-0.3, -0.25) is 0 Å². The molecule has 0 N–H and O–H groups in total. The summed E-state index contributed by atoms with van der Waals surface area (Å²) in [5.74, 6) is 3.19. The summed E-state index contributed by atoms with van der Waals surface area (Å²) in [6.07, 6.45) is 0. The molecule has 0 amide bonds. The van der Waals surface area contributed by atoms with Crippen LogP contribution in [0.15, 0.2) is 103 Å². The number of fused-ring (bicyclic) bond motifs is 2. The Morgan fingerprint density at radius 1 is 0.478 bits per heavy atom. The summed E-state index contributed by atoms with van der Waals surface area (Å²) in [6.45, 7) is 0.444. The molecule has 6 rings (SSSR count). The molecule has 0 spiro atoms. The van der Waals surface area contributed by atoms with E-state index < -0.39 is 11.3 Å². The van der Waals surface area contributed by atoms with E-state index in [0.29, 0.717) is 67.9 Å². The molecule has 0 bridgehead atoms. The number of benzene rings is 4. The Morgan fingerprint density at radius 3 is 1.28 bits per heavy atom. The number of hydrogen-bond donors (Lipinski definition) is 0. The van der Waals surface area contributed by atoms with E-state index in [4.69, 9.17) is 37.3 Å². The predicted octanol–water partition coefficient (Wildman–Crippen LogP) is 6.73. The highest BCUT2D eigenvalue weighted by Gasteiger charge is 2.14. The summed E-state index contributed by atoms with van der Waals surface area (Å²) in [7, 11) is 6.18. The zero-order valence-corrected chi connectivity index (χ0v) is 25.6. The molecule has 234 valence electrons. The van der Waals surface area contributed by atoms with E-state index in [0.717, 1.165) is 10.8 Å². The Balaban J connectivity index is 1.11. The Hall–Kier alpha value is -5.90. The molecule has 0 radical (unpaired) electrons. The fourth-order valence-electron chi connectivity index (χ4n) is 5.09. The summed E-state index contributed by atoms with van der Waals surface area (Å²) in [5, 5.41) is 1.47. The first kappa shape index (κ1) is 30.1. The number of hydrogen-bond acceptors (Lipinski definition) is 10. The lowest BCUT2D eigenvalue weighted by atomic mass is 10.1. The fourth-order valence-corrected chi connectivity index (χ4v) is 5.09. The smallest absolute Gasteiger partial charge is 0.344 e. The standard InChI is InChI=1S/C36H30O10/c1-39-29-11-7-21(17-33(29)41-3)27-15-23-5-9-25(19-31(23)45-35(27)37)43-13-14-44-26-10-6-24-16-28(36(38)46-32(24)20-26)22-8-12-30(40-2)34(18-22)42-4/h5-12,15-20H,13-14H2,1-4H3. The van der Waals surface area contributed by atoms with E-state index >= 15 is 0 Å². The molecule has 0 atom stereocenters. The third-order valence-corrected chi connectivity index (χ3v) is 7.42. The Bertz CT molecular complexity index is 2010. The molecule has 0 aliphatic carbocycles. The summed E-state index contributed by atoms with van der Waals surface area (Å²) < 4.78 is 44.2. The summed E-state index contributed by atoms with van der Waals surface area (Å²) in [4.78, 5) is 25.7. The van der Waals surface area contributed by atoms with Gasteiger partial charge in [-0.15, -0.1) is 0 Å². The van der Waals surface area contributed by atoms with Gasteiger partial charge in [-0.1, -0.05) is 12.1 Å². The summed E-state index contributed by atoms with van der Waals surface area (Å²) in [5.41, 5.74) is 1.92. The zero-order valence-electron chi connectivity index (χ0n) is 25.6. The van der Waals surface area contributed by atoms with E-state index in [9.17, 15) is 9.59 Å². The van der Waals surface area contributed by atoms with Crippen molar-refractivity contribution in [1.82, 2.24) is 0 Å². The van der Waals surface area contributed by atoms with Crippen molar-refractivity contribution in [3.63, 3.8) is 0 Å². The summed E-state index contributed by atoms with van der Waals surface area (Å²) in [6, 6.07) is 24.6. The quantitative estimate of drug-likeness (QED) is 0.114. The normalized spacial score (nSPS) is 11.0. The molecular weight excluding hydrogens is 592 g/mol. The molecule has 0 saturated carbocycles. The molecular formula is C36H30O10. The van der Waals surface area contributed by atoms with Gasteiger partial charge in [0.15, 0.2) is 23.0 Å². The molecule has 0 aliphatic heterocycles. The van der Waals surface area contributed by atoms with Crippen molar-refractivity contribution in [2.45, 2.75) is 0 Å². The number of ether oxygens (including phenoxy) is 6. The SMILES string of the molecule is COc1ccc(-c2cc3ccc(OCCOc4ccc5cc(-c6ccc(OC)c(OC)c6)c(=O)oc5c4)cc3oc2=O)cc1OC. The molecule has 0 fully saturated rings. The van der Waals surface area contributed by atoms with E-state index in [1.165, 1.54) is 14.2 Å². The first-order chi connectivity index (χ1) is 22.4. The van der Waals surface area contributed by atoms with Crippen LogP contribution in [0.25, 0.3) is 44.2 Å². The van der Waals surface area contributed by atoms with Crippen molar-refractivity contribution in [2.75, 3.05) is 41.7 Å². The van der Waals surface area contributed by atoms with E-state index in [1.807, 2.05) is 12.1 Å². The minimum absolute atomic E-state index is 0.222.